The maximum Gasteiger partial charge on any atom is -0.0134 e. The minimum absolute atomic E-state index is 0.609. The van der Waals surface area contributed by atoms with Crippen LogP contribution in [0, 0.1) is 13.8 Å². The molecule has 2 unspecified atom stereocenters. The normalized spacial score (nSPS) is 12.6. The average molecular weight is 551 g/mol. The minimum atomic E-state index is -0.609. The Labute approximate surface area is 240 Å². The molecular formula is C38H32P2. The summed E-state index contributed by atoms with van der Waals surface area (Å²) in [4.78, 5) is 0. The van der Waals surface area contributed by atoms with Crippen molar-refractivity contribution in [3.63, 3.8) is 0 Å². The number of aryl methyl sites for hydroxylation is 2. The monoisotopic (exact) mass is 550 g/mol. The molecule has 0 aliphatic carbocycles. The van der Waals surface area contributed by atoms with Crippen molar-refractivity contribution in [2.24, 2.45) is 0 Å². The third-order valence-corrected chi connectivity index (χ3v) is 12.0. The second-order valence-corrected chi connectivity index (χ2v) is 14.6. The first kappa shape index (κ1) is 26.4. The Kier molecular flexibility index (Phi) is 8.02. The fourth-order valence-corrected chi connectivity index (χ4v) is 9.95. The van der Waals surface area contributed by atoms with Crippen LogP contribution in [0.2, 0.25) is 0 Å². The van der Waals surface area contributed by atoms with Crippen molar-refractivity contribution < 1.29 is 0 Å². The third-order valence-electron chi connectivity index (χ3n) is 7.13. The maximum atomic E-state index is 2.34. The fourth-order valence-electron chi connectivity index (χ4n) is 5.19. The minimum Gasteiger partial charge on any atom is -0.0622 e. The van der Waals surface area contributed by atoms with Crippen LogP contribution in [-0.4, -0.2) is 0 Å². The Morgan fingerprint density at radius 1 is 0.300 bits per heavy atom. The topological polar surface area (TPSA) is 0 Å². The molecule has 0 heterocycles. The van der Waals surface area contributed by atoms with Crippen molar-refractivity contribution in [3.8, 4) is 11.1 Å². The van der Waals surface area contributed by atoms with Crippen molar-refractivity contribution in [2.75, 3.05) is 0 Å². The zero-order valence-electron chi connectivity index (χ0n) is 22.9. The Bertz CT molecular complexity index is 1560. The molecule has 0 saturated heterocycles. The summed E-state index contributed by atoms with van der Waals surface area (Å²) in [6, 6.07) is 58.3. The molecule has 0 spiro atoms. The summed E-state index contributed by atoms with van der Waals surface area (Å²) in [5.41, 5.74) is 5.11. The van der Waals surface area contributed by atoms with Crippen LogP contribution in [0.5, 0.6) is 0 Å². The van der Waals surface area contributed by atoms with E-state index in [1.165, 1.54) is 54.1 Å². The quantitative estimate of drug-likeness (QED) is 0.181. The van der Waals surface area contributed by atoms with E-state index in [4.69, 9.17) is 0 Å². The van der Waals surface area contributed by atoms with Crippen molar-refractivity contribution in [2.45, 2.75) is 13.8 Å². The predicted molar refractivity (Wildman–Crippen MR) is 179 cm³/mol. The van der Waals surface area contributed by atoms with Crippen molar-refractivity contribution >= 4 is 47.7 Å². The van der Waals surface area contributed by atoms with Crippen molar-refractivity contribution in [1.29, 1.82) is 0 Å². The van der Waals surface area contributed by atoms with Crippen LogP contribution >= 0.6 is 15.8 Å². The van der Waals surface area contributed by atoms with Gasteiger partial charge in [-0.3, -0.25) is 0 Å². The van der Waals surface area contributed by atoms with Crippen molar-refractivity contribution in [3.05, 3.63) is 169 Å². The second kappa shape index (κ2) is 12.1. The summed E-state index contributed by atoms with van der Waals surface area (Å²) < 4.78 is 0. The molecule has 0 N–H and O–H groups in total. The predicted octanol–water partition coefficient (Wildman–Crippen LogP) is 7.49. The molecule has 2 heteroatoms. The summed E-state index contributed by atoms with van der Waals surface area (Å²) >= 11 is 0. The molecule has 0 aromatic heterocycles. The van der Waals surface area contributed by atoms with Gasteiger partial charge in [-0.1, -0.05) is 169 Å². The zero-order valence-corrected chi connectivity index (χ0v) is 24.7. The highest BCUT2D eigenvalue weighted by Gasteiger charge is 2.18. The van der Waals surface area contributed by atoms with Crippen LogP contribution < -0.4 is 31.8 Å². The van der Waals surface area contributed by atoms with Gasteiger partial charge in [0.05, 0.1) is 0 Å². The summed E-state index contributed by atoms with van der Waals surface area (Å²) in [6.45, 7) is 4.36. The average Bonchev–Trinajstić information content (AvgIpc) is 3.00. The molecule has 0 radical (unpaired) electrons. The first-order valence-corrected chi connectivity index (χ1v) is 16.4. The van der Waals surface area contributed by atoms with E-state index in [9.17, 15) is 0 Å². The maximum absolute atomic E-state index is 2.34. The third kappa shape index (κ3) is 5.85. The van der Waals surface area contributed by atoms with E-state index in [1.807, 2.05) is 0 Å². The zero-order chi connectivity index (χ0) is 27.3. The SMILES string of the molecule is Cc1cccc(P(c2ccccc2)c2ccc(-c3ccc(P(c4ccccc4)c4cccc(C)c4)cc3)cc2)c1. The lowest BCUT2D eigenvalue weighted by atomic mass is 10.1. The van der Waals surface area contributed by atoms with Gasteiger partial charge in [0.25, 0.3) is 0 Å². The Balaban J connectivity index is 1.32. The second-order valence-electron chi connectivity index (χ2n) is 10.1. The van der Waals surface area contributed by atoms with Gasteiger partial charge >= 0.3 is 0 Å². The van der Waals surface area contributed by atoms with Gasteiger partial charge in [0, 0.05) is 0 Å². The van der Waals surface area contributed by atoms with Crippen LogP contribution in [0.3, 0.4) is 0 Å². The first-order valence-electron chi connectivity index (χ1n) is 13.7. The van der Waals surface area contributed by atoms with Gasteiger partial charge in [-0.25, -0.2) is 0 Å². The molecule has 6 aromatic carbocycles. The molecule has 0 bridgehead atoms. The van der Waals surface area contributed by atoms with E-state index < -0.39 is 15.8 Å². The number of hydrogen-bond donors (Lipinski definition) is 0. The Hall–Kier alpha value is -3.82. The molecule has 6 rings (SSSR count). The summed E-state index contributed by atoms with van der Waals surface area (Å²) in [6.07, 6.45) is 0. The van der Waals surface area contributed by atoms with Crippen molar-refractivity contribution in [1.82, 2.24) is 0 Å². The molecular weight excluding hydrogens is 518 g/mol. The highest BCUT2D eigenvalue weighted by atomic mass is 31.1. The lowest BCUT2D eigenvalue weighted by Crippen LogP contribution is -2.21. The van der Waals surface area contributed by atoms with Crippen LogP contribution in [0.25, 0.3) is 11.1 Å². The van der Waals surface area contributed by atoms with Crippen LogP contribution in [0.15, 0.2) is 158 Å². The summed E-state index contributed by atoms with van der Waals surface area (Å²) in [5.74, 6) is 0. The molecule has 0 amide bonds. The van der Waals surface area contributed by atoms with Crippen LogP contribution in [-0.2, 0) is 0 Å². The highest BCUT2D eigenvalue weighted by Crippen LogP contribution is 2.35. The molecule has 0 aliphatic heterocycles. The van der Waals surface area contributed by atoms with E-state index in [0.29, 0.717) is 0 Å². The standard InChI is InChI=1S/C38H32P2/c1-29-11-9-17-37(27-29)39(33-13-5-3-6-14-33)35-23-19-31(20-24-35)32-21-25-36(26-22-32)40(34-15-7-4-8-16-34)38-18-10-12-30(2)28-38/h3-28H,1-2H3. The molecule has 0 aliphatic rings. The molecule has 194 valence electrons. The van der Waals surface area contributed by atoms with Gasteiger partial charge in [0.15, 0.2) is 0 Å². The summed E-state index contributed by atoms with van der Waals surface area (Å²) in [7, 11) is -1.22. The van der Waals surface area contributed by atoms with Crippen LogP contribution in [0.4, 0.5) is 0 Å². The fraction of sp³-hybridized carbons (Fsp3) is 0.0526. The van der Waals surface area contributed by atoms with E-state index in [2.05, 4.69) is 172 Å². The molecule has 6 aromatic rings. The van der Waals surface area contributed by atoms with Gasteiger partial charge < -0.3 is 0 Å². The number of hydrogen-bond acceptors (Lipinski definition) is 0. The van der Waals surface area contributed by atoms with E-state index in [-0.39, 0.29) is 0 Å². The summed E-state index contributed by atoms with van der Waals surface area (Å²) in [5, 5.41) is 8.29. The van der Waals surface area contributed by atoms with Crippen LogP contribution in [0.1, 0.15) is 11.1 Å². The molecule has 0 nitrogen and oxygen atoms in total. The molecule has 40 heavy (non-hydrogen) atoms. The molecule has 0 saturated carbocycles. The van der Waals surface area contributed by atoms with Gasteiger partial charge in [0.1, 0.15) is 0 Å². The Morgan fingerprint density at radius 2 is 0.625 bits per heavy atom. The highest BCUT2D eigenvalue weighted by molar-refractivity contribution is 7.80. The number of rotatable bonds is 7. The smallest absolute Gasteiger partial charge is 0.0134 e. The molecule has 2 atom stereocenters. The van der Waals surface area contributed by atoms with Gasteiger partial charge in [-0.15, -0.1) is 0 Å². The lowest BCUT2D eigenvalue weighted by molar-refractivity contribution is 1.49. The molecule has 0 fully saturated rings. The first-order chi connectivity index (χ1) is 19.7. The van der Waals surface area contributed by atoms with Gasteiger partial charge in [0.2, 0.25) is 0 Å². The Morgan fingerprint density at radius 3 is 0.975 bits per heavy atom. The van der Waals surface area contributed by atoms with E-state index in [0.717, 1.165) is 0 Å². The largest absolute Gasteiger partial charge is 0.0622 e. The van der Waals surface area contributed by atoms with E-state index in [1.54, 1.807) is 0 Å². The van der Waals surface area contributed by atoms with Gasteiger partial charge in [-0.05, 0) is 72.6 Å². The number of benzene rings is 6. The van der Waals surface area contributed by atoms with Gasteiger partial charge in [-0.2, -0.15) is 0 Å². The van der Waals surface area contributed by atoms with E-state index >= 15 is 0 Å². The lowest BCUT2D eigenvalue weighted by Gasteiger charge is -2.21.